The van der Waals surface area contributed by atoms with Crippen molar-refractivity contribution in [1.82, 2.24) is 8.87 Å². The van der Waals surface area contributed by atoms with Crippen molar-refractivity contribution >= 4 is 27.6 Å². The number of methoxy groups -OCH3 is 1. The molecule has 1 atom stereocenters. The van der Waals surface area contributed by atoms with Gasteiger partial charge in [-0.2, -0.15) is 4.31 Å². The summed E-state index contributed by atoms with van der Waals surface area (Å²) in [5.41, 5.74) is 1.75. The van der Waals surface area contributed by atoms with E-state index in [9.17, 15) is 18.0 Å². The van der Waals surface area contributed by atoms with Crippen molar-refractivity contribution in [1.29, 1.82) is 0 Å². The molecule has 1 aromatic carbocycles. The number of nitrogens with one attached hydrogen (secondary N) is 1. The molecule has 0 spiro atoms. The lowest BCUT2D eigenvalue weighted by molar-refractivity contribution is -0.119. The van der Waals surface area contributed by atoms with E-state index in [0.29, 0.717) is 18.5 Å². The van der Waals surface area contributed by atoms with Crippen LogP contribution in [0.15, 0.2) is 41.4 Å². The highest BCUT2D eigenvalue weighted by Gasteiger charge is 2.40. The summed E-state index contributed by atoms with van der Waals surface area (Å²) in [4.78, 5) is 24.5. The number of hydrogen-bond donors (Lipinski definition) is 1. The van der Waals surface area contributed by atoms with Gasteiger partial charge >= 0.3 is 5.97 Å². The van der Waals surface area contributed by atoms with Crippen LogP contribution < -0.4 is 5.32 Å². The molecular weight excluding hydrogens is 382 g/mol. The Morgan fingerprint density at radius 2 is 2.00 bits per heavy atom. The summed E-state index contributed by atoms with van der Waals surface area (Å²) in [6.45, 7) is 2.16. The van der Waals surface area contributed by atoms with Crippen LogP contribution in [0.2, 0.25) is 0 Å². The SMILES string of the molecule is COC(=O)c1cc(S(=O)(=O)N2CCCC2C(=O)Nc2cccc(C)c2)cn1C. The highest BCUT2D eigenvalue weighted by atomic mass is 32.2. The monoisotopic (exact) mass is 405 g/mol. The van der Waals surface area contributed by atoms with Gasteiger partial charge in [0.15, 0.2) is 0 Å². The smallest absolute Gasteiger partial charge is 0.354 e. The second kappa shape index (κ2) is 7.76. The van der Waals surface area contributed by atoms with E-state index in [1.165, 1.54) is 28.2 Å². The number of benzene rings is 1. The summed E-state index contributed by atoms with van der Waals surface area (Å²) >= 11 is 0. The molecule has 1 N–H and O–H groups in total. The van der Waals surface area contributed by atoms with E-state index in [2.05, 4.69) is 10.1 Å². The number of aryl methyl sites for hydroxylation is 2. The van der Waals surface area contributed by atoms with Gasteiger partial charge < -0.3 is 14.6 Å². The van der Waals surface area contributed by atoms with Gasteiger partial charge in [-0.25, -0.2) is 13.2 Å². The molecular formula is C19H23N3O5S. The summed E-state index contributed by atoms with van der Waals surface area (Å²) in [6, 6.07) is 7.80. The largest absolute Gasteiger partial charge is 0.464 e. The standard InChI is InChI=1S/C19H23N3O5S/c1-13-6-4-7-14(10-13)20-18(23)16-8-5-9-22(16)28(25,26)15-11-17(19(24)27-3)21(2)12-15/h4,6-7,10-12,16H,5,8-9H2,1-3H3,(H,20,23). The molecule has 1 aliphatic heterocycles. The van der Waals surface area contributed by atoms with Crippen molar-refractivity contribution in [2.45, 2.75) is 30.7 Å². The molecule has 9 heteroatoms. The zero-order valence-electron chi connectivity index (χ0n) is 16.0. The van der Waals surface area contributed by atoms with Crippen molar-refractivity contribution < 1.29 is 22.7 Å². The fourth-order valence-electron chi connectivity index (χ4n) is 3.36. The summed E-state index contributed by atoms with van der Waals surface area (Å²) in [6.07, 6.45) is 2.38. The van der Waals surface area contributed by atoms with Crippen LogP contribution in [0, 0.1) is 6.92 Å². The van der Waals surface area contributed by atoms with E-state index < -0.39 is 22.0 Å². The van der Waals surface area contributed by atoms with E-state index in [4.69, 9.17) is 0 Å². The number of esters is 1. The number of anilines is 1. The zero-order valence-corrected chi connectivity index (χ0v) is 16.8. The first-order valence-electron chi connectivity index (χ1n) is 8.88. The minimum absolute atomic E-state index is 0.0364. The molecule has 2 aromatic rings. The number of rotatable bonds is 5. The molecule has 1 unspecified atom stereocenters. The van der Waals surface area contributed by atoms with Crippen molar-refractivity contribution in [2.75, 3.05) is 19.0 Å². The predicted molar refractivity (Wildman–Crippen MR) is 103 cm³/mol. The molecule has 1 saturated heterocycles. The Bertz CT molecular complexity index is 1010. The van der Waals surface area contributed by atoms with Crippen LogP contribution >= 0.6 is 0 Å². The van der Waals surface area contributed by atoms with Crippen LogP contribution in [-0.4, -0.2) is 48.9 Å². The average molecular weight is 405 g/mol. The van der Waals surface area contributed by atoms with Crippen molar-refractivity contribution in [3.8, 4) is 0 Å². The first-order chi connectivity index (χ1) is 13.2. The van der Waals surface area contributed by atoms with Crippen molar-refractivity contribution in [3.63, 3.8) is 0 Å². The molecule has 1 aliphatic rings. The lowest BCUT2D eigenvalue weighted by Gasteiger charge is -2.23. The molecule has 3 rings (SSSR count). The molecule has 0 bridgehead atoms. The zero-order chi connectivity index (χ0) is 20.5. The Morgan fingerprint density at radius 1 is 1.25 bits per heavy atom. The van der Waals surface area contributed by atoms with Gasteiger partial charge in [-0.05, 0) is 43.5 Å². The van der Waals surface area contributed by atoms with Gasteiger partial charge in [0.25, 0.3) is 0 Å². The van der Waals surface area contributed by atoms with E-state index in [1.54, 1.807) is 13.1 Å². The maximum absolute atomic E-state index is 13.1. The molecule has 1 aromatic heterocycles. The second-order valence-electron chi connectivity index (χ2n) is 6.80. The van der Waals surface area contributed by atoms with Gasteiger partial charge in [0.05, 0.1) is 7.11 Å². The first kappa shape index (κ1) is 20.1. The minimum Gasteiger partial charge on any atom is -0.464 e. The number of ether oxygens (including phenoxy) is 1. The number of nitrogens with zero attached hydrogens (tertiary/aromatic N) is 2. The van der Waals surface area contributed by atoms with E-state index in [1.807, 2.05) is 25.1 Å². The molecule has 28 heavy (non-hydrogen) atoms. The summed E-state index contributed by atoms with van der Waals surface area (Å²) in [5, 5.41) is 2.80. The van der Waals surface area contributed by atoms with Gasteiger partial charge in [0.2, 0.25) is 15.9 Å². The number of carbonyl (C=O) groups is 2. The molecule has 0 radical (unpaired) electrons. The van der Waals surface area contributed by atoms with Crippen LogP contribution in [-0.2, 0) is 26.6 Å². The van der Waals surface area contributed by atoms with Gasteiger partial charge in [0, 0.05) is 25.5 Å². The topological polar surface area (TPSA) is 97.7 Å². The van der Waals surface area contributed by atoms with Crippen LogP contribution in [0.4, 0.5) is 5.69 Å². The summed E-state index contributed by atoms with van der Waals surface area (Å²) in [5.74, 6) is -0.991. The molecule has 1 amide bonds. The lowest BCUT2D eigenvalue weighted by Crippen LogP contribution is -2.43. The number of hydrogen-bond acceptors (Lipinski definition) is 5. The third-order valence-electron chi connectivity index (χ3n) is 4.77. The van der Waals surface area contributed by atoms with Crippen LogP contribution in [0.25, 0.3) is 0 Å². The number of aromatic nitrogens is 1. The second-order valence-corrected chi connectivity index (χ2v) is 8.69. The quantitative estimate of drug-likeness (QED) is 0.767. The highest BCUT2D eigenvalue weighted by Crippen LogP contribution is 2.28. The van der Waals surface area contributed by atoms with Gasteiger partial charge in [0.1, 0.15) is 16.6 Å². The fourth-order valence-corrected chi connectivity index (χ4v) is 5.08. The van der Waals surface area contributed by atoms with Crippen molar-refractivity contribution in [2.24, 2.45) is 7.05 Å². The third-order valence-corrected chi connectivity index (χ3v) is 6.65. The molecule has 1 fully saturated rings. The number of amides is 1. The molecule has 2 heterocycles. The third kappa shape index (κ3) is 3.81. The normalized spacial score (nSPS) is 17.5. The van der Waals surface area contributed by atoms with Crippen LogP contribution in [0.5, 0.6) is 0 Å². The van der Waals surface area contributed by atoms with Crippen LogP contribution in [0.1, 0.15) is 28.9 Å². The minimum atomic E-state index is -3.93. The Balaban J connectivity index is 1.85. The van der Waals surface area contributed by atoms with Crippen molar-refractivity contribution in [3.05, 3.63) is 47.8 Å². The highest BCUT2D eigenvalue weighted by molar-refractivity contribution is 7.89. The summed E-state index contributed by atoms with van der Waals surface area (Å²) < 4.78 is 33.5. The Hall–Kier alpha value is -2.65. The maximum Gasteiger partial charge on any atom is 0.354 e. The average Bonchev–Trinajstić information content (AvgIpc) is 3.28. The van der Waals surface area contributed by atoms with E-state index in [-0.39, 0.29) is 23.0 Å². The predicted octanol–water partition coefficient (Wildman–Crippen LogP) is 1.91. The molecule has 8 nitrogen and oxygen atoms in total. The molecule has 150 valence electrons. The first-order valence-corrected chi connectivity index (χ1v) is 10.3. The Kier molecular flexibility index (Phi) is 5.57. The maximum atomic E-state index is 13.1. The van der Waals surface area contributed by atoms with Gasteiger partial charge in [-0.3, -0.25) is 4.79 Å². The van der Waals surface area contributed by atoms with Crippen LogP contribution in [0.3, 0.4) is 0 Å². The Labute approximate surface area is 164 Å². The van der Waals surface area contributed by atoms with E-state index >= 15 is 0 Å². The lowest BCUT2D eigenvalue weighted by atomic mass is 10.2. The Morgan fingerprint density at radius 3 is 2.68 bits per heavy atom. The molecule has 0 aliphatic carbocycles. The summed E-state index contributed by atoms with van der Waals surface area (Å²) in [7, 11) is -1.13. The number of sulfonamides is 1. The fraction of sp³-hybridized carbons (Fsp3) is 0.368. The van der Waals surface area contributed by atoms with Gasteiger partial charge in [-0.1, -0.05) is 12.1 Å². The number of carbonyl (C=O) groups excluding carboxylic acids is 2. The van der Waals surface area contributed by atoms with E-state index in [0.717, 1.165) is 5.56 Å². The van der Waals surface area contributed by atoms with Gasteiger partial charge in [-0.15, -0.1) is 0 Å². The molecule has 0 saturated carbocycles.